The van der Waals surface area contributed by atoms with E-state index in [1.807, 2.05) is 0 Å². The topological polar surface area (TPSA) is 61.7 Å². The summed E-state index contributed by atoms with van der Waals surface area (Å²) in [6, 6.07) is 6.45. The number of phenols is 1. The number of allylic oxidation sites excluding steroid dienone is 2. The zero-order valence-corrected chi connectivity index (χ0v) is 9.84. The number of para-hydroxylation sites is 1. The lowest BCUT2D eigenvalue weighted by Gasteiger charge is -2.31. The molecule has 0 spiro atoms. The lowest BCUT2D eigenvalue weighted by molar-refractivity contribution is 0.0951. The number of hydrogen-bond acceptors (Lipinski definition) is 3. The summed E-state index contributed by atoms with van der Waals surface area (Å²) in [7, 11) is 0. The fourth-order valence-corrected chi connectivity index (χ4v) is 2.51. The molecule has 1 aromatic rings. The maximum Gasteiger partial charge on any atom is 0.275 e. The van der Waals surface area contributed by atoms with Gasteiger partial charge in [-0.3, -0.25) is 4.79 Å². The largest absolute Gasteiger partial charge is 0.507 e. The van der Waals surface area contributed by atoms with Gasteiger partial charge in [-0.05, 0) is 30.9 Å². The molecule has 18 heavy (non-hydrogen) atoms. The predicted octanol–water partition coefficient (Wildman–Crippen LogP) is 2.07. The van der Waals surface area contributed by atoms with Crippen LogP contribution in [0.4, 0.5) is 0 Å². The number of carbonyl (C=O) groups is 1. The van der Waals surface area contributed by atoms with Crippen LogP contribution < -0.4 is 5.43 Å². The Kier molecular flexibility index (Phi) is 2.63. The highest BCUT2D eigenvalue weighted by Gasteiger charge is 2.38. The quantitative estimate of drug-likeness (QED) is 0.616. The summed E-state index contributed by atoms with van der Waals surface area (Å²) in [5.41, 5.74) is 3.82. The first-order valence-electron chi connectivity index (χ1n) is 6.07. The third-order valence-corrected chi connectivity index (χ3v) is 3.61. The second kappa shape index (κ2) is 4.29. The third kappa shape index (κ3) is 1.79. The summed E-state index contributed by atoms with van der Waals surface area (Å²) >= 11 is 0. The van der Waals surface area contributed by atoms with Crippen molar-refractivity contribution in [1.82, 2.24) is 5.43 Å². The number of nitrogens with zero attached hydrogens (tertiary/aromatic N) is 1. The number of nitrogens with one attached hydrogen (secondary N) is 1. The normalized spacial score (nSPS) is 26.8. The number of benzene rings is 1. The third-order valence-electron chi connectivity index (χ3n) is 3.61. The van der Waals surface area contributed by atoms with Crippen LogP contribution in [0, 0.1) is 11.8 Å². The number of carbonyl (C=O) groups excluding carboxylic acids is 1. The van der Waals surface area contributed by atoms with Crippen LogP contribution in [0.3, 0.4) is 0 Å². The summed E-state index contributed by atoms with van der Waals surface area (Å²) in [4.78, 5) is 11.8. The molecule has 0 unspecified atom stereocenters. The van der Waals surface area contributed by atoms with E-state index in [0.29, 0.717) is 11.8 Å². The van der Waals surface area contributed by atoms with E-state index in [-0.39, 0.29) is 17.2 Å². The van der Waals surface area contributed by atoms with Crippen LogP contribution in [-0.4, -0.2) is 16.7 Å². The van der Waals surface area contributed by atoms with Gasteiger partial charge in [-0.1, -0.05) is 24.3 Å². The average molecular weight is 242 g/mol. The van der Waals surface area contributed by atoms with Crippen molar-refractivity contribution in [3.05, 3.63) is 42.0 Å². The Balaban J connectivity index is 1.66. The van der Waals surface area contributed by atoms with E-state index in [1.165, 1.54) is 6.07 Å². The fraction of sp³-hybridized carbons (Fsp3) is 0.286. The fourth-order valence-electron chi connectivity index (χ4n) is 2.51. The predicted molar refractivity (Wildman–Crippen MR) is 68.4 cm³/mol. The lowest BCUT2D eigenvalue weighted by atomic mass is 9.74. The van der Waals surface area contributed by atoms with Crippen molar-refractivity contribution in [2.24, 2.45) is 16.9 Å². The molecule has 3 rings (SSSR count). The van der Waals surface area contributed by atoms with Gasteiger partial charge in [0.15, 0.2) is 0 Å². The number of hydrazone groups is 1. The van der Waals surface area contributed by atoms with Crippen molar-refractivity contribution in [2.75, 3.05) is 0 Å². The second-order valence-corrected chi connectivity index (χ2v) is 4.70. The Hall–Kier alpha value is -2.10. The van der Waals surface area contributed by atoms with Crippen LogP contribution in [0.2, 0.25) is 0 Å². The Bertz CT molecular complexity index is 548. The maximum absolute atomic E-state index is 11.8. The molecule has 0 radical (unpaired) electrons. The van der Waals surface area contributed by atoms with E-state index in [1.54, 1.807) is 18.2 Å². The van der Waals surface area contributed by atoms with Gasteiger partial charge >= 0.3 is 0 Å². The monoisotopic (exact) mass is 242 g/mol. The first-order valence-corrected chi connectivity index (χ1v) is 6.07. The van der Waals surface area contributed by atoms with Crippen molar-refractivity contribution >= 4 is 11.6 Å². The molecule has 1 aromatic carbocycles. The van der Waals surface area contributed by atoms with Gasteiger partial charge in [-0.15, -0.1) is 0 Å². The van der Waals surface area contributed by atoms with Crippen molar-refractivity contribution in [3.8, 4) is 5.75 Å². The molecule has 2 N–H and O–H groups in total. The first kappa shape index (κ1) is 11.0. The smallest absolute Gasteiger partial charge is 0.275 e. The number of hydrogen-bond donors (Lipinski definition) is 2. The number of rotatable bonds is 2. The Morgan fingerprint density at radius 1 is 1.39 bits per heavy atom. The van der Waals surface area contributed by atoms with E-state index in [2.05, 4.69) is 22.7 Å². The second-order valence-electron chi connectivity index (χ2n) is 4.70. The van der Waals surface area contributed by atoms with Gasteiger partial charge in [-0.2, -0.15) is 5.10 Å². The van der Waals surface area contributed by atoms with Crippen LogP contribution in [-0.2, 0) is 0 Å². The lowest BCUT2D eigenvalue weighted by Crippen LogP contribution is -2.35. The Morgan fingerprint density at radius 3 is 3.00 bits per heavy atom. The molecule has 1 amide bonds. The SMILES string of the molecule is O=C(N/N=C1/C[C@H]2C=CC[C@@H]12)c1ccccc1O. The van der Waals surface area contributed by atoms with Gasteiger partial charge in [0.25, 0.3) is 5.91 Å². The van der Waals surface area contributed by atoms with E-state index in [9.17, 15) is 9.90 Å². The number of phenolic OH excluding ortho intramolecular Hbond substituents is 1. The highest BCUT2D eigenvalue weighted by molar-refractivity contribution is 5.99. The molecule has 92 valence electrons. The zero-order valence-electron chi connectivity index (χ0n) is 9.84. The Morgan fingerprint density at radius 2 is 2.22 bits per heavy atom. The molecular formula is C14H14N2O2. The molecule has 4 heteroatoms. The molecule has 1 fully saturated rings. The molecule has 0 bridgehead atoms. The summed E-state index contributed by atoms with van der Waals surface area (Å²) in [5.74, 6) is 0.708. The minimum atomic E-state index is -0.366. The van der Waals surface area contributed by atoms with Gasteiger partial charge in [-0.25, -0.2) is 5.43 Å². The molecular weight excluding hydrogens is 228 g/mol. The summed E-state index contributed by atoms with van der Waals surface area (Å²) in [6.07, 6.45) is 6.34. The molecule has 1 saturated carbocycles. The number of fused-ring (bicyclic) bond motifs is 1. The highest BCUT2D eigenvalue weighted by Crippen LogP contribution is 2.40. The standard InChI is InChI=1S/C14H14N2O2/c17-13-7-2-1-5-11(13)14(18)16-15-12-8-9-4-3-6-10(9)12/h1-5,7,9-10,17H,6,8H2,(H,16,18)/b15-12-/t9-,10-/m1/s1. The number of aromatic hydroxyl groups is 1. The minimum absolute atomic E-state index is 0.0239. The average Bonchev–Trinajstić information content (AvgIpc) is 2.71. The van der Waals surface area contributed by atoms with Crippen molar-refractivity contribution < 1.29 is 9.90 Å². The molecule has 0 heterocycles. The van der Waals surface area contributed by atoms with Crippen LogP contribution in [0.25, 0.3) is 0 Å². The van der Waals surface area contributed by atoms with Crippen molar-refractivity contribution in [3.63, 3.8) is 0 Å². The van der Waals surface area contributed by atoms with Gasteiger partial charge < -0.3 is 5.11 Å². The summed E-state index contributed by atoms with van der Waals surface area (Å²) in [5, 5.41) is 13.7. The van der Waals surface area contributed by atoms with Gasteiger partial charge in [0.2, 0.25) is 0 Å². The van der Waals surface area contributed by atoms with Gasteiger partial charge in [0, 0.05) is 11.6 Å². The first-order chi connectivity index (χ1) is 8.75. The molecule has 0 aliphatic heterocycles. The summed E-state index contributed by atoms with van der Waals surface area (Å²) < 4.78 is 0. The van der Waals surface area contributed by atoms with Crippen LogP contribution >= 0.6 is 0 Å². The van der Waals surface area contributed by atoms with E-state index < -0.39 is 0 Å². The summed E-state index contributed by atoms with van der Waals surface area (Å²) in [6.45, 7) is 0. The molecule has 4 nitrogen and oxygen atoms in total. The number of amides is 1. The molecule has 2 atom stereocenters. The molecule has 0 aromatic heterocycles. The van der Waals surface area contributed by atoms with E-state index in [4.69, 9.17) is 0 Å². The van der Waals surface area contributed by atoms with E-state index in [0.717, 1.165) is 18.6 Å². The maximum atomic E-state index is 11.8. The van der Waals surface area contributed by atoms with Gasteiger partial charge in [0.05, 0.1) is 5.56 Å². The van der Waals surface area contributed by atoms with Crippen LogP contribution in [0.5, 0.6) is 5.75 Å². The highest BCUT2D eigenvalue weighted by atomic mass is 16.3. The minimum Gasteiger partial charge on any atom is -0.507 e. The van der Waals surface area contributed by atoms with Gasteiger partial charge in [0.1, 0.15) is 5.75 Å². The Labute approximate surface area is 105 Å². The molecule has 0 saturated heterocycles. The van der Waals surface area contributed by atoms with Crippen LogP contribution in [0.1, 0.15) is 23.2 Å². The zero-order chi connectivity index (χ0) is 12.5. The van der Waals surface area contributed by atoms with E-state index >= 15 is 0 Å². The van der Waals surface area contributed by atoms with Crippen LogP contribution in [0.15, 0.2) is 41.5 Å². The van der Waals surface area contributed by atoms with Crippen molar-refractivity contribution in [1.29, 1.82) is 0 Å². The molecule has 2 aliphatic rings. The van der Waals surface area contributed by atoms with Crippen molar-refractivity contribution in [2.45, 2.75) is 12.8 Å². The molecule has 2 aliphatic carbocycles.